The third kappa shape index (κ3) is 5.85. The normalized spacial score (nSPS) is 10.9. The van der Waals surface area contributed by atoms with Crippen LogP contribution in [-0.2, 0) is 11.3 Å². The fourth-order valence-electron chi connectivity index (χ4n) is 1.52. The summed E-state index contributed by atoms with van der Waals surface area (Å²) in [6.45, 7) is 7.61. The molecule has 0 aliphatic heterocycles. The molecular weight excluding hydrogens is 294 g/mol. The maximum atomic E-state index is 5.50. The van der Waals surface area contributed by atoms with Crippen LogP contribution in [0.25, 0.3) is 0 Å². The predicted molar refractivity (Wildman–Crippen MR) is 78.1 cm³/mol. The van der Waals surface area contributed by atoms with Crippen LogP contribution in [0.5, 0.6) is 5.75 Å². The number of benzene rings is 1. The molecule has 0 saturated heterocycles. The Kier molecular flexibility index (Phi) is 7.32. The minimum atomic E-state index is 0.600. The molecule has 0 amide bonds. The van der Waals surface area contributed by atoms with Gasteiger partial charge in [0, 0.05) is 19.7 Å². The van der Waals surface area contributed by atoms with Crippen LogP contribution in [-0.4, -0.2) is 26.9 Å². The standard InChI is InChI=1S/C14H22BrNO2/c1-11(2)10-18-7-6-16-9-12-4-5-14(17-3)13(15)8-12/h4-5,8,11,16H,6-7,9-10H2,1-3H3. The Morgan fingerprint density at radius 1 is 1.33 bits per heavy atom. The van der Waals surface area contributed by atoms with Gasteiger partial charge in [0.25, 0.3) is 0 Å². The Bertz CT molecular complexity index is 356. The number of rotatable bonds is 8. The van der Waals surface area contributed by atoms with Gasteiger partial charge in [0.1, 0.15) is 5.75 Å². The van der Waals surface area contributed by atoms with E-state index in [2.05, 4.69) is 47.2 Å². The summed E-state index contributed by atoms with van der Waals surface area (Å²) in [6, 6.07) is 6.10. The van der Waals surface area contributed by atoms with Crippen LogP contribution in [0.3, 0.4) is 0 Å². The maximum absolute atomic E-state index is 5.50. The molecular formula is C14H22BrNO2. The molecule has 3 nitrogen and oxygen atoms in total. The lowest BCUT2D eigenvalue weighted by Crippen LogP contribution is -2.20. The van der Waals surface area contributed by atoms with Crippen molar-refractivity contribution in [3.8, 4) is 5.75 Å². The molecule has 0 bridgehead atoms. The molecule has 0 aromatic heterocycles. The fraction of sp³-hybridized carbons (Fsp3) is 0.571. The zero-order valence-corrected chi connectivity index (χ0v) is 12.9. The molecule has 18 heavy (non-hydrogen) atoms. The van der Waals surface area contributed by atoms with Gasteiger partial charge in [-0.15, -0.1) is 0 Å². The molecule has 0 saturated carbocycles. The largest absolute Gasteiger partial charge is 0.496 e. The van der Waals surface area contributed by atoms with Gasteiger partial charge in [0.2, 0.25) is 0 Å². The van der Waals surface area contributed by atoms with E-state index in [1.165, 1.54) is 5.56 Å². The van der Waals surface area contributed by atoms with Gasteiger partial charge in [-0.2, -0.15) is 0 Å². The van der Waals surface area contributed by atoms with Crippen LogP contribution in [0.4, 0.5) is 0 Å². The molecule has 0 atom stereocenters. The summed E-state index contributed by atoms with van der Waals surface area (Å²) in [5.41, 5.74) is 1.23. The van der Waals surface area contributed by atoms with Gasteiger partial charge >= 0.3 is 0 Å². The highest BCUT2D eigenvalue weighted by molar-refractivity contribution is 9.10. The van der Waals surface area contributed by atoms with E-state index in [0.717, 1.165) is 36.5 Å². The third-order valence-corrected chi connectivity index (χ3v) is 3.04. The monoisotopic (exact) mass is 315 g/mol. The van der Waals surface area contributed by atoms with Crippen LogP contribution >= 0.6 is 15.9 Å². The number of nitrogens with one attached hydrogen (secondary N) is 1. The molecule has 0 aliphatic carbocycles. The topological polar surface area (TPSA) is 30.5 Å². The van der Waals surface area contributed by atoms with E-state index < -0.39 is 0 Å². The van der Waals surface area contributed by atoms with Gasteiger partial charge in [-0.05, 0) is 39.5 Å². The maximum Gasteiger partial charge on any atom is 0.133 e. The van der Waals surface area contributed by atoms with Crippen molar-refractivity contribution in [1.29, 1.82) is 0 Å². The number of methoxy groups -OCH3 is 1. The van der Waals surface area contributed by atoms with Gasteiger partial charge in [0.15, 0.2) is 0 Å². The first-order chi connectivity index (χ1) is 8.63. The molecule has 102 valence electrons. The van der Waals surface area contributed by atoms with Crippen molar-refractivity contribution in [2.45, 2.75) is 20.4 Å². The van der Waals surface area contributed by atoms with Crippen molar-refractivity contribution >= 4 is 15.9 Å². The summed E-state index contributed by atoms with van der Waals surface area (Å²) in [6.07, 6.45) is 0. The molecule has 4 heteroatoms. The van der Waals surface area contributed by atoms with Gasteiger partial charge < -0.3 is 14.8 Å². The average Bonchev–Trinajstić information content (AvgIpc) is 2.33. The quantitative estimate of drug-likeness (QED) is 0.747. The SMILES string of the molecule is COc1ccc(CNCCOCC(C)C)cc1Br. The minimum Gasteiger partial charge on any atom is -0.496 e. The second kappa shape index (κ2) is 8.51. The van der Waals surface area contributed by atoms with Crippen LogP contribution in [0.1, 0.15) is 19.4 Å². The molecule has 0 fully saturated rings. The van der Waals surface area contributed by atoms with Crippen molar-refractivity contribution in [3.05, 3.63) is 28.2 Å². The van der Waals surface area contributed by atoms with Gasteiger partial charge in [-0.1, -0.05) is 19.9 Å². The highest BCUT2D eigenvalue weighted by Gasteiger charge is 2.01. The predicted octanol–water partition coefficient (Wildman–Crippen LogP) is 3.22. The number of hydrogen-bond donors (Lipinski definition) is 1. The number of ether oxygens (including phenoxy) is 2. The molecule has 1 aromatic rings. The molecule has 0 heterocycles. The lowest BCUT2D eigenvalue weighted by molar-refractivity contribution is 0.111. The summed E-state index contributed by atoms with van der Waals surface area (Å²) in [5.74, 6) is 1.46. The first-order valence-electron chi connectivity index (χ1n) is 6.24. The fourth-order valence-corrected chi connectivity index (χ4v) is 2.10. The van der Waals surface area contributed by atoms with E-state index in [0.29, 0.717) is 5.92 Å². The summed E-state index contributed by atoms with van der Waals surface area (Å²) >= 11 is 3.48. The zero-order chi connectivity index (χ0) is 13.4. The second-order valence-electron chi connectivity index (χ2n) is 4.61. The van der Waals surface area contributed by atoms with E-state index in [-0.39, 0.29) is 0 Å². The van der Waals surface area contributed by atoms with E-state index in [4.69, 9.17) is 9.47 Å². The molecule has 1 aromatic carbocycles. The Balaban J connectivity index is 2.21. The van der Waals surface area contributed by atoms with Gasteiger partial charge in [-0.3, -0.25) is 0 Å². The van der Waals surface area contributed by atoms with E-state index in [9.17, 15) is 0 Å². The first kappa shape index (κ1) is 15.5. The molecule has 0 radical (unpaired) electrons. The van der Waals surface area contributed by atoms with Crippen LogP contribution in [0.15, 0.2) is 22.7 Å². The van der Waals surface area contributed by atoms with Crippen LogP contribution in [0.2, 0.25) is 0 Å². The lowest BCUT2D eigenvalue weighted by atomic mass is 10.2. The highest BCUT2D eigenvalue weighted by atomic mass is 79.9. The van der Waals surface area contributed by atoms with E-state index >= 15 is 0 Å². The van der Waals surface area contributed by atoms with Crippen LogP contribution in [0, 0.1) is 5.92 Å². The number of halogens is 1. The Labute approximate surface area is 118 Å². The molecule has 1 N–H and O–H groups in total. The van der Waals surface area contributed by atoms with Crippen LogP contribution < -0.4 is 10.1 Å². The van der Waals surface area contributed by atoms with E-state index in [1.54, 1.807) is 7.11 Å². The Hall–Kier alpha value is -0.580. The average molecular weight is 316 g/mol. The van der Waals surface area contributed by atoms with Crippen molar-refractivity contribution in [2.75, 3.05) is 26.9 Å². The van der Waals surface area contributed by atoms with Crippen molar-refractivity contribution in [3.63, 3.8) is 0 Å². The Morgan fingerprint density at radius 3 is 2.72 bits per heavy atom. The van der Waals surface area contributed by atoms with E-state index in [1.807, 2.05) is 6.07 Å². The summed E-state index contributed by atoms with van der Waals surface area (Å²) < 4.78 is 11.7. The summed E-state index contributed by atoms with van der Waals surface area (Å²) in [4.78, 5) is 0. The zero-order valence-electron chi connectivity index (χ0n) is 11.3. The lowest BCUT2D eigenvalue weighted by Gasteiger charge is -2.09. The highest BCUT2D eigenvalue weighted by Crippen LogP contribution is 2.25. The smallest absolute Gasteiger partial charge is 0.133 e. The molecule has 0 unspecified atom stereocenters. The molecule has 0 aliphatic rings. The molecule has 0 spiro atoms. The van der Waals surface area contributed by atoms with Crippen molar-refractivity contribution in [2.24, 2.45) is 5.92 Å². The third-order valence-electron chi connectivity index (χ3n) is 2.42. The summed E-state index contributed by atoms with van der Waals surface area (Å²) in [7, 11) is 1.67. The van der Waals surface area contributed by atoms with Crippen molar-refractivity contribution < 1.29 is 9.47 Å². The second-order valence-corrected chi connectivity index (χ2v) is 5.47. The molecule has 1 rings (SSSR count). The van der Waals surface area contributed by atoms with Gasteiger partial charge in [0.05, 0.1) is 18.2 Å². The van der Waals surface area contributed by atoms with Gasteiger partial charge in [-0.25, -0.2) is 0 Å². The first-order valence-corrected chi connectivity index (χ1v) is 7.03. The number of hydrogen-bond acceptors (Lipinski definition) is 3. The summed E-state index contributed by atoms with van der Waals surface area (Å²) in [5, 5.41) is 3.35. The Morgan fingerprint density at radius 2 is 2.11 bits per heavy atom. The minimum absolute atomic E-state index is 0.600. The van der Waals surface area contributed by atoms with Crippen molar-refractivity contribution in [1.82, 2.24) is 5.32 Å².